The second kappa shape index (κ2) is 7.41. The maximum absolute atomic E-state index is 13.2. The summed E-state index contributed by atoms with van der Waals surface area (Å²) in [5, 5.41) is 3.20. The minimum atomic E-state index is -0.808. The molecule has 0 amide bonds. The molecule has 118 valence electrons. The third-order valence-electron chi connectivity index (χ3n) is 3.24. The van der Waals surface area contributed by atoms with Crippen molar-refractivity contribution >= 4 is 5.97 Å². The van der Waals surface area contributed by atoms with Gasteiger partial charge in [-0.25, -0.2) is 4.39 Å². The molecule has 1 rings (SSSR count). The maximum Gasteiger partial charge on any atom is 0.325 e. The summed E-state index contributed by atoms with van der Waals surface area (Å²) in [5.74, 6) is 0.00368. The van der Waals surface area contributed by atoms with Gasteiger partial charge in [-0.05, 0) is 51.5 Å². The molecule has 1 unspecified atom stereocenters. The molecule has 0 aliphatic rings. The van der Waals surface area contributed by atoms with E-state index in [4.69, 9.17) is 9.47 Å². The summed E-state index contributed by atoms with van der Waals surface area (Å²) in [4.78, 5) is 11.9. The Morgan fingerprint density at radius 2 is 2.10 bits per heavy atom. The molecular formula is C16H24FNO3. The van der Waals surface area contributed by atoms with Gasteiger partial charge in [-0.15, -0.1) is 0 Å². The lowest BCUT2D eigenvalue weighted by atomic mass is 9.97. The molecule has 1 N–H and O–H groups in total. The van der Waals surface area contributed by atoms with Gasteiger partial charge in [0, 0.05) is 12.5 Å². The van der Waals surface area contributed by atoms with E-state index in [1.807, 2.05) is 13.8 Å². The highest BCUT2D eigenvalue weighted by Crippen LogP contribution is 2.18. The fraction of sp³-hybridized carbons (Fsp3) is 0.562. The van der Waals surface area contributed by atoms with Gasteiger partial charge in [0.2, 0.25) is 0 Å². The van der Waals surface area contributed by atoms with Gasteiger partial charge < -0.3 is 9.47 Å². The summed E-state index contributed by atoms with van der Waals surface area (Å²) >= 11 is 0. The molecule has 1 atom stereocenters. The Hall–Kier alpha value is -1.62. The van der Waals surface area contributed by atoms with Crippen LogP contribution in [-0.2, 0) is 9.53 Å². The Morgan fingerprint density at radius 1 is 1.43 bits per heavy atom. The van der Waals surface area contributed by atoms with Crippen LogP contribution in [0.5, 0.6) is 5.75 Å². The molecule has 4 nitrogen and oxygen atoms in total. The number of methoxy groups -OCH3 is 1. The van der Waals surface area contributed by atoms with Crippen molar-refractivity contribution in [2.45, 2.75) is 45.7 Å². The van der Waals surface area contributed by atoms with E-state index in [0.717, 1.165) is 0 Å². The first kappa shape index (κ1) is 17.4. The van der Waals surface area contributed by atoms with Gasteiger partial charge >= 0.3 is 5.97 Å². The van der Waals surface area contributed by atoms with Crippen LogP contribution in [-0.4, -0.2) is 31.3 Å². The topological polar surface area (TPSA) is 47.6 Å². The molecule has 0 fully saturated rings. The van der Waals surface area contributed by atoms with Crippen molar-refractivity contribution in [3.8, 4) is 5.75 Å². The lowest BCUT2D eigenvalue weighted by molar-refractivity contribution is -0.148. The Kier molecular flexibility index (Phi) is 6.15. The minimum Gasteiger partial charge on any atom is -0.493 e. The highest BCUT2D eigenvalue weighted by molar-refractivity contribution is 5.80. The Bertz CT molecular complexity index is 490. The average molecular weight is 297 g/mol. The molecule has 0 heterocycles. The van der Waals surface area contributed by atoms with Crippen LogP contribution >= 0.6 is 0 Å². The molecule has 0 saturated carbocycles. The number of halogens is 1. The van der Waals surface area contributed by atoms with E-state index in [2.05, 4.69) is 5.32 Å². The fourth-order valence-electron chi connectivity index (χ4n) is 2.18. The first-order valence-corrected chi connectivity index (χ1v) is 7.03. The Balaban J connectivity index is 2.64. The molecule has 0 saturated heterocycles. The van der Waals surface area contributed by atoms with E-state index in [-0.39, 0.29) is 17.8 Å². The van der Waals surface area contributed by atoms with Gasteiger partial charge in [0.1, 0.15) is 17.1 Å². The summed E-state index contributed by atoms with van der Waals surface area (Å²) in [6.07, 6.45) is 0.453. The summed E-state index contributed by atoms with van der Waals surface area (Å²) in [5.41, 5.74) is -0.276. The number of hydrogen-bond donors (Lipinski definition) is 1. The first-order chi connectivity index (χ1) is 9.78. The monoisotopic (exact) mass is 297 g/mol. The van der Waals surface area contributed by atoms with Crippen LogP contribution in [0.15, 0.2) is 18.2 Å². The summed E-state index contributed by atoms with van der Waals surface area (Å²) in [7, 11) is 1.37. The minimum absolute atomic E-state index is 0.141. The van der Waals surface area contributed by atoms with Crippen molar-refractivity contribution in [1.82, 2.24) is 5.32 Å². The molecule has 0 aliphatic carbocycles. The van der Waals surface area contributed by atoms with Gasteiger partial charge in [0.15, 0.2) is 0 Å². The smallest absolute Gasteiger partial charge is 0.325 e. The molecule has 21 heavy (non-hydrogen) atoms. The molecule has 0 bridgehead atoms. The molecule has 1 aromatic carbocycles. The van der Waals surface area contributed by atoms with Crippen molar-refractivity contribution in [3.63, 3.8) is 0 Å². The SMILES string of the molecule is COC(=O)C(C)(CCOc1ccc(F)c(C)c1)NC(C)C. The van der Waals surface area contributed by atoms with Crippen LogP contribution in [0.25, 0.3) is 0 Å². The van der Waals surface area contributed by atoms with E-state index in [0.29, 0.717) is 24.3 Å². The molecule has 5 heteroatoms. The van der Waals surface area contributed by atoms with E-state index in [1.165, 1.54) is 13.2 Å². The van der Waals surface area contributed by atoms with Crippen LogP contribution in [0.4, 0.5) is 4.39 Å². The quantitative estimate of drug-likeness (QED) is 0.786. The van der Waals surface area contributed by atoms with Crippen molar-refractivity contribution in [1.29, 1.82) is 0 Å². The zero-order chi connectivity index (χ0) is 16.0. The largest absolute Gasteiger partial charge is 0.493 e. The van der Waals surface area contributed by atoms with Gasteiger partial charge in [0.25, 0.3) is 0 Å². The van der Waals surface area contributed by atoms with Crippen LogP contribution in [0.3, 0.4) is 0 Å². The van der Waals surface area contributed by atoms with Crippen molar-refractivity contribution in [3.05, 3.63) is 29.6 Å². The number of benzene rings is 1. The first-order valence-electron chi connectivity index (χ1n) is 7.03. The second-order valence-corrected chi connectivity index (χ2v) is 5.63. The molecule has 1 aromatic rings. The summed E-state index contributed by atoms with van der Waals surface area (Å²) in [6.45, 7) is 7.73. The second-order valence-electron chi connectivity index (χ2n) is 5.63. The highest BCUT2D eigenvalue weighted by atomic mass is 19.1. The molecule has 0 aromatic heterocycles. The summed E-state index contributed by atoms with van der Waals surface area (Å²) < 4.78 is 23.6. The number of carbonyl (C=O) groups excluding carboxylic acids is 1. The van der Waals surface area contributed by atoms with Crippen LogP contribution in [0.1, 0.15) is 32.8 Å². The number of hydrogen-bond acceptors (Lipinski definition) is 4. The standard InChI is InChI=1S/C16H24FNO3/c1-11(2)18-16(4,15(19)20-5)8-9-21-13-6-7-14(17)12(3)10-13/h6-7,10-11,18H,8-9H2,1-5H3. The van der Waals surface area contributed by atoms with Gasteiger partial charge in [-0.1, -0.05) is 0 Å². The van der Waals surface area contributed by atoms with Crippen molar-refractivity contribution in [2.75, 3.05) is 13.7 Å². The third-order valence-corrected chi connectivity index (χ3v) is 3.24. The van der Waals surface area contributed by atoms with Gasteiger partial charge in [0.05, 0.1) is 13.7 Å². The lowest BCUT2D eigenvalue weighted by Gasteiger charge is -2.30. The highest BCUT2D eigenvalue weighted by Gasteiger charge is 2.34. The predicted molar refractivity (Wildman–Crippen MR) is 79.9 cm³/mol. The van der Waals surface area contributed by atoms with Crippen LogP contribution in [0, 0.1) is 12.7 Å². The normalized spacial score (nSPS) is 13.9. The zero-order valence-corrected chi connectivity index (χ0v) is 13.3. The van der Waals surface area contributed by atoms with Crippen molar-refractivity contribution in [2.24, 2.45) is 0 Å². The number of ether oxygens (including phenoxy) is 2. The number of aryl methyl sites for hydroxylation is 1. The summed E-state index contributed by atoms with van der Waals surface area (Å²) in [6, 6.07) is 4.73. The van der Waals surface area contributed by atoms with Gasteiger partial charge in [-0.2, -0.15) is 0 Å². The molecule has 0 spiro atoms. The van der Waals surface area contributed by atoms with Gasteiger partial charge in [-0.3, -0.25) is 10.1 Å². The van der Waals surface area contributed by atoms with E-state index in [9.17, 15) is 9.18 Å². The average Bonchev–Trinajstić information content (AvgIpc) is 2.41. The molecular weight excluding hydrogens is 273 g/mol. The number of carbonyl (C=O) groups is 1. The van der Waals surface area contributed by atoms with E-state index >= 15 is 0 Å². The van der Waals surface area contributed by atoms with E-state index in [1.54, 1.807) is 26.0 Å². The predicted octanol–water partition coefficient (Wildman–Crippen LogP) is 2.83. The zero-order valence-electron chi connectivity index (χ0n) is 13.3. The Morgan fingerprint density at radius 3 is 2.62 bits per heavy atom. The number of nitrogens with one attached hydrogen (secondary N) is 1. The van der Waals surface area contributed by atoms with Crippen molar-refractivity contribution < 1.29 is 18.7 Å². The third kappa shape index (κ3) is 5.01. The number of rotatable bonds is 7. The van der Waals surface area contributed by atoms with Crippen LogP contribution in [0.2, 0.25) is 0 Å². The molecule has 0 radical (unpaired) electrons. The maximum atomic E-state index is 13.2. The lowest BCUT2D eigenvalue weighted by Crippen LogP contribution is -2.53. The number of esters is 1. The van der Waals surface area contributed by atoms with E-state index < -0.39 is 5.54 Å². The molecule has 0 aliphatic heterocycles. The van der Waals surface area contributed by atoms with Crippen LogP contribution < -0.4 is 10.1 Å². The Labute approximate surface area is 125 Å². The fourth-order valence-corrected chi connectivity index (χ4v) is 2.18.